The molecule has 1 saturated heterocycles. The van der Waals surface area contributed by atoms with Crippen LogP contribution in [-0.2, 0) is 14.9 Å². The number of likely N-dealkylation sites (tertiary alicyclic amines) is 1. The van der Waals surface area contributed by atoms with Gasteiger partial charge >= 0.3 is 6.09 Å². The molecule has 3 rings (SSSR count). The average molecular weight is 467 g/mol. The average Bonchev–Trinajstić information content (AvgIpc) is 2.68. The zero-order valence-electron chi connectivity index (χ0n) is 18.8. The summed E-state index contributed by atoms with van der Waals surface area (Å²) in [5.74, 6) is -0.265. The van der Waals surface area contributed by atoms with E-state index in [1.165, 1.54) is 24.3 Å². The second-order valence-electron chi connectivity index (χ2n) is 8.83. The molecule has 0 saturated carbocycles. The van der Waals surface area contributed by atoms with Crippen molar-refractivity contribution in [2.24, 2.45) is 5.73 Å². The molecule has 2 aromatic carbocycles. The van der Waals surface area contributed by atoms with Gasteiger partial charge < -0.3 is 15.4 Å². The third-order valence-corrected chi connectivity index (χ3v) is 5.80. The molecule has 0 spiro atoms. The molecule has 0 unspecified atom stereocenters. The smallest absolute Gasteiger partial charge is 0.410 e. The minimum absolute atomic E-state index is 0.00636. The van der Waals surface area contributed by atoms with Crippen LogP contribution < -0.4 is 5.73 Å². The Labute approximate surface area is 189 Å². The number of ether oxygens (including phenoxy) is 1. The van der Waals surface area contributed by atoms with E-state index in [-0.39, 0.29) is 28.8 Å². The Morgan fingerprint density at radius 3 is 2.19 bits per heavy atom. The topological polar surface area (TPSA) is 110 Å². The maximum absolute atomic E-state index is 13.0. The van der Waals surface area contributed by atoms with E-state index >= 15 is 0 Å². The van der Waals surface area contributed by atoms with Crippen molar-refractivity contribution in [3.05, 3.63) is 65.5 Å². The number of hydrogen-bond donors (Lipinski definition) is 2. The van der Waals surface area contributed by atoms with Crippen molar-refractivity contribution in [3.63, 3.8) is 0 Å². The molecule has 1 aliphatic rings. The Bertz CT molecular complexity index is 1000. The van der Waals surface area contributed by atoms with Crippen LogP contribution in [0.5, 0.6) is 0 Å². The van der Waals surface area contributed by atoms with Gasteiger partial charge in [-0.3, -0.25) is 4.55 Å². The molecule has 0 radical (unpaired) electrons. The number of hydrogen-bond acceptors (Lipinski definition) is 5. The maximum atomic E-state index is 13.0. The number of nitrogens with two attached hydrogens (primary N) is 1. The number of aryl methyl sites for hydroxylation is 1. The standard InChI is InChI=1S/C16H23FN2O2.C7H8O3S/c1-16(2,3)21-15(20)19-9-8-14(18)13(10-19)11-4-6-12(17)7-5-11;1-6-2-4-7(5-3-6)11(8,9)10/h4-7,13-14H,8-10,18H2,1-3H3;2-5H,1H3,(H,8,9,10)/t13-,14-;/m0./s1. The highest BCUT2D eigenvalue weighted by molar-refractivity contribution is 7.85. The number of rotatable bonds is 2. The quantitative estimate of drug-likeness (QED) is 0.645. The number of halogens is 1. The summed E-state index contributed by atoms with van der Waals surface area (Å²) in [7, 11) is -4.02. The molecule has 9 heteroatoms. The summed E-state index contributed by atoms with van der Waals surface area (Å²) in [5.41, 5.74) is 7.57. The van der Waals surface area contributed by atoms with Gasteiger partial charge in [0, 0.05) is 25.0 Å². The zero-order chi connectivity index (χ0) is 24.1. The molecule has 32 heavy (non-hydrogen) atoms. The Kier molecular flexibility index (Phi) is 8.39. The normalized spacial score (nSPS) is 19.0. The molecule has 0 aromatic heterocycles. The number of carbonyl (C=O) groups is 1. The first-order chi connectivity index (χ1) is 14.8. The summed E-state index contributed by atoms with van der Waals surface area (Å²) >= 11 is 0. The van der Waals surface area contributed by atoms with Crippen LogP contribution in [0.3, 0.4) is 0 Å². The van der Waals surface area contributed by atoms with Crippen LogP contribution in [0.2, 0.25) is 0 Å². The van der Waals surface area contributed by atoms with E-state index in [0.717, 1.165) is 11.1 Å². The summed E-state index contributed by atoms with van der Waals surface area (Å²) < 4.78 is 48.0. The second-order valence-corrected chi connectivity index (χ2v) is 10.2. The summed E-state index contributed by atoms with van der Waals surface area (Å²) in [6.07, 6.45) is 0.392. The lowest BCUT2D eigenvalue weighted by molar-refractivity contribution is 0.0186. The molecular formula is C23H31FN2O5S. The predicted molar refractivity (Wildman–Crippen MR) is 121 cm³/mol. The number of carbonyl (C=O) groups excluding carboxylic acids is 1. The van der Waals surface area contributed by atoms with Crippen LogP contribution in [0.1, 0.15) is 44.2 Å². The van der Waals surface area contributed by atoms with Crippen molar-refractivity contribution in [2.45, 2.75) is 56.6 Å². The van der Waals surface area contributed by atoms with Crippen molar-refractivity contribution in [1.29, 1.82) is 0 Å². The van der Waals surface area contributed by atoms with Crippen molar-refractivity contribution in [2.75, 3.05) is 13.1 Å². The molecule has 0 aliphatic carbocycles. The number of amides is 1. The lowest BCUT2D eigenvalue weighted by Gasteiger charge is -2.37. The molecule has 1 fully saturated rings. The van der Waals surface area contributed by atoms with Gasteiger partial charge in [-0.05, 0) is 63.9 Å². The van der Waals surface area contributed by atoms with Crippen LogP contribution in [0, 0.1) is 12.7 Å². The van der Waals surface area contributed by atoms with Crippen molar-refractivity contribution < 1.29 is 26.9 Å². The molecule has 0 bridgehead atoms. The van der Waals surface area contributed by atoms with E-state index in [1.54, 1.807) is 29.2 Å². The van der Waals surface area contributed by atoms with Gasteiger partial charge in [-0.25, -0.2) is 9.18 Å². The monoisotopic (exact) mass is 466 g/mol. The molecule has 7 nitrogen and oxygen atoms in total. The van der Waals surface area contributed by atoms with Gasteiger partial charge in [0.25, 0.3) is 10.1 Å². The van der Waals surface area contributed by atoms with Crippen molar-refractivity contribution in [1.82, 2.24) is 4.90 Å². The predicted octanol–water partition coefficient (Wildman–Crippen LogP) is 4.12. The Morgan fingerprint density at radius 2 is 1.69 bits per heavy atom. The van der Waals surface area contributed by atoms with Gasteiger partial charge in [-0.1, -0.05) is 29.8 Å². The van der Waals surface area contributed by atoms with Crippen LogP contribution >= 0.6 is 0 Å². The SMILES string of the molecule is CC(C)(C)OC(=O)N1CC[C@H](N)[C@H](c2ccc(F)cc2)C1.Cc1ccc(S(=O)(=O)O)cc1. The largest absolute Gasteiger partial charge is 0.444 e. The minimum Gasteiger partial charge on any atom is -0.444 e. The maximum Gasteiger partial charge on any atom is 0.410 e. The van der Waals surface area contributed by atoms with E-state index in [1.807, 2.05) is 27.7 Å². The van der Waals surface area contributed by atoms with E-state index in [2.05, 4.69) is 0 Å². The molecule has 1 amide bonds. The van der Waals surface area contributed by atoms with Gasteiger partial charge in [0.1, 0.15) is 11.4 Å². The van der Waals surface area contributed by atoms with Gasteiger partial charge in [-0.2, -0.15) is 8.42 Å². The Morgan fingerprint density at radius 1 is 1.12 bits per heavy atom. The fourth-order valence-corrected chi connectivity index (χ4v) is 3.72. The van der Waals surface area contributed by atoms with E-state index in [0.29, 0.717) is 19.5 Å². The third-order valence-electron chi connectivity index (χ3n) is 4.93. The van der Waals surface area contributed by atoms with E-state index < -0.39 is 15.7 Å². The van der Waals surface area contributed by atoms with E-state index in [4.69, 9.17) is 15.0 Å². The van der Waals surface area contributed by atoms with Crippen LogP contribution in [0.25, 0.3) is 0 Å². The van der Waals surface area contributed by atoms with Gasteiger partial charge in [-0.15, -0.1) is 0 Å². The van der Waals surface area contributed by atoms with Crippen LogP contribution in [0.4, 0.5) is 9.18 Å². The first-order valence-electron chi connectivity index (χ1n) is 10.3. The lowest BCUT2D eigenvalue weighted by atomic mass is 9.87. The first-order valence-corrected chi connectivity index (χ1v) is 11.7. The number of benzene rings is 2. The van der Waals surface area contributed by atoms with E-state index in [9.17, 15) is 17.6 Å². The van der Waals surface area contributed by atoms with Gasteiger partial charge in [0.15, 0.2) is 0 Å². The summed E-state index contributed by atoms with van der Waals surface area (Å²) in [4.78, 5) is 13.8. The molecule has 176 valence electrons. The number of nitrogens with zero attached hydrogens (tertiary/aromatic N) is 1. The second kappa shape index (κ2) is 10.4. The molecule has 1 heterocycles. The fraction of sp³-hybridized carbons (Fsp3) is 0.435. The van der Waals surface area contributed by atoms with Crippen LogP contribution in [0.15, 0.2) is 53.4 Å². The molecular weight excluding hydrogens is 435 g/mol. The lowest BCUT2D eigenvalue weighted by Crippen LogP contribution is -2.49. The van der Waals surface area contributed by atoms with Crippen molar-refractivity contribution >= 4 is 16.2 Å². The molecule has 3 N–H and O–H groups in total. The Balaban J connectivity index is 0.000000278. The Hall–Kier alpha value is -2.49. The highest BCUT2D eigenvalue weighted by atomic mass is 32.2. The highest BCUT2D eigenvalue weighted by Crippen LogP contribution is 2.27. The molecule has 2 aromatic rings. The van der Waals surface area contributed by atoms with Crippen molar-refractivity contribution in [3.8, 4) is 0 Å². The fourth-order valence-electron chi connectivity index (χ4n) is 3.24. The molecule has 2 atom stereocenters. The summed E-state index contributed by atoms with van der Waals surface area (Å²) in [6.45, 7) is 8.47. The third kappa shape index (κ3) is 7.89. The number of piperidine rings is 1. The van der Waals surface area contributed by atoms with Gasteiger partial charge in [0.05, 0.1) is 4.90 Å². The van der Waals surface area contributed by atoms with Crippen LogP contribution in [-0.4, -0.2) is 48.7 Å². The summed E-state index contributed by atoms with van der Waals surface area (Å²) in [6, 6.07) is 12.3. The molecule has 1 aliphatic heterocycles. The first kappa shape index (κ1) is 25.8. The zero-order valence-corrected chi connectivity index (χ0v) is 19.6. The highest BCUT2D eigenvalue weighted by Gasteiger charge is 2.32. The minimum atomic E-state index is -4.02. The van der Waals surface area contributed by atoms with Gasteiger partial charge in [0.2, 0.25) is 0 Å². The summed E-state index contributed by atoms with van der Waals surface area (Å²) in [5, 5.41) is 0.